The lowest BCUT2D eigenvalue weighted by molar-refractivity contribution is 0.664. The fourth-order valence-corrected chi connectivity index (χ4v) is 8.18. The molecule has 7 aromatic carbocycles. The Hall–Kier alpha value is -6.85. The Kier molecular flexibility index (Phi) is 5.09. The summed E-state index contributed by atoms with van der Waals surface area (Å²) in [5, 5.41) is 2.79. The SMILES string of the molecule is [2H]c1cc([2H])c2c(c1[2H])-c1ccc3c4c([2H])c([2H])cc([2H])c4n(-c4cccc5oc6cc(-c7nc(-c8ccccc8)nc(-c8ccccc8)n7)ccc6c45)c3c1C2(C)C. The quantitative estimate of drug-likeness (QED) is 0.185. The summed E-state index contributed by atoms with van der Waals surface area (Å²) in [6, 6.07) is 38.3. The maximum atomic E-state index is 9.31. The first kappa shape index (κ1) is 24.4. The fourth-order valence-electron chi connectivity index (χ4n) is 8.18. The molecule has 3 aromatic heterocycles. The zero-order chi connectivity index (χ0) is 40.5. The molecule has 1 aliphatic rings. The number of furan rings is 1. The molecule has 0 saturated carbocycles. The van der Waals surface area contributed by atoms with Gasteiger partial charge in [-0.2, -0.15) is 0 Å². The maximum Gasteiger partial charge on any atom is 0.164 e. The summed E-state index contributed by atoms with van der Waals surface area (Å²) in [5.41, 5.74) is 7.64. The molecule has 0 saturated heterocycles. The van der Waals surface area contributed by atoms with Gasteiger partial charge in [0, 0.05) is 38.3 Å². The minimum atomic E-state index is -0.784. The standard InChI is InChI=1S/C48H32N4O/c1-48(2)37-20-11-9-18-32(37)34-26-27-35-33-19-10-12-21-38(33)52(44(35)43(34)48)39-22-13-23-40-42(39)36-25-24-31(28-41(36)53-40)47-50-45(29-14-5-3-6-15-29)49-46(51-47)30-16-7-4-8-17-30/h3-28H,1-2H3/i9D,10D,18D,19D,20D,21D. The first-order chi connectivity index (χ1) is 28.5. The normalized spacial score (nSPS) is 14.8. The van der Waals surface area contributed by atoms with E-state index in [0.29, 0.717) is 56.1 Å². The number of fused-ring (bicyclic) bond motifs is 10. The minimum absolute atomic E-state index is 0.0137. The highest BCUT2D eigenvalue weighted by atomic mass is 16.3. The van der Waals surface area contributed by atoms with Crippen LogP contribution in [0.15, 0.2) is 162 Å². The second-order valence-electron chi connectivity index (χ2n) is 13.9. The molecule has 3 heterocycles. The van der Waals surface area contributed by atoms with E-state index in [1.807, 2.05) is 128 Å². The monoisotopic (exact) mass is 686 g/mol. The van der Waals surface area contributed by atoms with Crippen molar-refractivity contribution >= 4 is 43.7 Å². The van der Waals surface area contributed by atoms with Gasteiger partial charge in [-0.25, -0.2) is 15.0 Å². The van der Waals surface area contributed by atoms with E-state index in [-0.39, 0.29) is 36.3 Å². The van der Waals surface area contributed by atoms with Crippen molar-refractivity contribution in [1.82, 2.24) is 19.5 Å². The van der Waals surface area contributed by atoms with Crippen LogP contribution in [0, 0.1) is 0 Å². The number of aromatic nitrogens is 4. The number of rotatable bonds is 4. The molecule has 0 radical (unpaired) electrons. The van der Waals surface area contributed by atoms with Gasteiger partial charge in [-0.1, -0.05) is 141 Å². The molecule has 0 fully saturated rings. The van der Waals surface area contributed by atoms with Gasteiger partial charge in [0.15, 0.2) is 17.5 Å². The molecule has 5 nitrogen and oxygen atoms in total. The molecule has 0 aliphatic heterocycles. The van der Waals surface area contributed by atoms with E-state index >= 15 is 0 Å². The van der Waals surface area contributed by atoms with Crippen LogP contribution in [0.1, 0.15) is 33.2 Å². The van der Waals surface area contributed by atoms with Crippen LogP contribution in [0.2, 0.25) is 0 Å². The molecule has 0 atom stereocenters. The van der Waals surface area contributed by atoms with Crippen LogP contribution in [0.25, 0.3) is 94.7 Å². The van der Waals surface area contributed by atoms with Gasteiger partial charge in [-0.3, -0.25) is 0 Å². The summed E-state index contributed by atoms with van der Waals surface area (Å²) in [6.07, 6.45) is 0. The summed E-state index contributed by atoms with van der Waals surface area (Å²) < 4.78 is 62.3. The minimum Gasteiger partial charge on any atom is -0.456 e. The summed E-state index contributed by atoms with van der Waals surface area (Å²) in [4.78, 5) is 14.7. The van der Waals surface area contributed by atoms with Gasteiger partial charge in [0.25, 0.3) is 0 Å². The summed E-state index contributed by atoms with van der Waals surface area (Å²) in [5.74, 6) is 1.59. The molecule has 0 N–H and O–H groups in total. The van der Waals surface area contributed by atoms with Crippen molar-refractivity contribution < 1.29 is 12.6 Å². The molecule has 0 spiro atoms. The third-order valence-corrected chi connectivity index (χ3v) is 10.5. The van der Waals surface area contributed by atoms with E-state index in [1.54, 1.807) is 0 Å². The first-order valence-corrected chi connectivity index (χ1v) is 17.5. The zero-order valence-electron chi connectivity index (χ0n) is 34.7. The number of hydrogen-bond donors (Lipinski definition) is 0. The second kappa shape index (κ2) is 11.1. The first-order valence-electron chi connectivity index (χ1n) is 20.5. The molecule has 0 bridgehead atoms. The van der Waals surface area contributed by atoms with Crippen molar-refractivity contribution in [2.45, 2.75) is 19.3 Å². The van der Waals surface area contributed by atoms with E-state index in [2.05, 4.69) is 0 Å². The Morgan fingerprint density at radius 3 is 2.00 bits per heavy atom. The Balaban J connectivity index is 1.19. The Morgan fingerprint density at radius 2 is 1.25 bits per heavy atom. The van der Waals surface area contributed by atoms with Crippen molar-refractivity contribution in [2.75, 3.05) is 0 Å². The van der Waals surface area contributed by atoms with Crippen molar-refractivity contribution in [3.63, 3.8) is 0 Å². The summed E-state index contributed by atoms with van der Waals surface area (Å²) in [6.45, 7) is 4.06. The Labute approximate surface area is 314 Å². The average molecular weight is 687 g/mol. The van der Waals surface area contributed by atoms with Gasteiger partial charge in [0.2, 0.25) is 0 Å². The predicted octanol–water partition coefficient (Wildman–Crippen LogP) is 12.2. The van der Waals surface area contributed by atoms with Crippen molar-refractivity contribution in [1.29, 1.82) is 0 Å². The lowest BCUT2D eigenvalue weighted by atomic mass is 9.81. The largest absolute Gasteiger partial charge is 0.456 e. The van der Waals surface area contributed by atoms with Gasteiger partial charge in [-0.05, 0) is 52.6 Å². The Morgan fingerprint density at radius 1 is 0.566 bits per heavy atom. The van der Waals surface area contributed by atoms with Crippen LogP contribution in [0.3, 0.4) is 0 Å². The molecule has 10 aromatic rings. The third-order valence-electron chi connectivity index (χ3n) is 10.5. The van der Waals surface area contributed by atoms with Crippen LogP contribution in [0.5, 0.6) is 0 Å². The summed E-state index contributed by atoms with van der Waals surface area (Å²) in [7, 11) is 0. The third kappa shape index (κ3) is 4.34. The van der Waals surface area contributed by atoms with E-state index in [1.165, 1.54) is 12.1 Å². The molecule has 53 heavy (non-hydrogen) atoms. The van der Waals surface area contributed by atoms with Gasteiger partial charge in [0.05, 0.1) is 30.3 Å². The van der Waals surface area contributed by atoms with Gasteiger partial charge in [0.1, 0.15) is 11.2 Å². The highest BCUT2D eigenvalue weighted by molar-refractivity contribution is 6.16. The van der Waals surface area contributed by atoms with E-state index in [4.69, 9.17) is 26.2 Å². The van der Waals surface area contributed by atoms with Crippen LogP contribution in [-0.4, -0.2) is 19.5 Å². The predicted molar refractivity (Wildman–Crippen MR) is 215 cm³/mol. The molecule has 1 aliphatic carbocycles. The van der Waals surface area contributed by atoms with Crippen LogP contribution in [-0.2, 0) is 5.41 Å². The molecule has 250 valence electrons. The molecule has 11 rings (SSSR count). The zero-order valence-corrected chi connectivity index (χ0v) is 28.7. The van der Waals surface area contributed by atoms with Crippen LogP contribution >= 0.6 is 0 Å². The lowest BCUT2D eigenvalue weighted by Crippen LogP contribution is -2.16. The molecule has 5 heteroatoms. The average Bonchev–Trinajstić information content (AvgIpc) is 3.88. The lowest BCUT2D eigenvalue weighted by Gasteiger charge is -2.23. The van der Waals surface area contributed by atoms with E-state index < -0.39 is 5.41 Å². The fraction of sp³-hybridized carbons (Fsp3) is 0.0625. The van der Waals surface area contributed by atoms with Gasteiger partial charge >= 0.3 is 0 Å². The maximum absolute atomic E-state index is 9.31. The molecular formula is C48H32N4O. The number of para-hydroxylation sites is 1. The Bertz CT molecular complexity index is 3370. The second-order valence-corrected chi connectivity index (χ2v) is 13.9. The summed E-state index contributed by atoms with van der Waals surface area (Å²) >= 11 is 0. The molecular weight excluding hydrogens is 649 g/mol. The smallest absolute Gasteiger partial charge is 0.164 e. The highest BCUT2D eigenvalue weighted by Gasteiger charge is 2.38. The van der Waals surface area contributed by atoms with Crippen molar-refractivity contribution in [2.24, 2.45) is 0 Å². The molecule has 0 amide bonds. The van der Waals surface area contributed by atoms with E-state index in [0.717, 1.165) is 49.8 Å². The number of benzene rings is 7. The molecule has 0 unspecified atom stereocenters. The van der Waals surface area contributed by atoms with Crippen LogP contribution < -0.4 is 0 Å². The highest BCUT2D eigenvalue weighted by Crippen LogP contribution is 2.53. The van der Waals surface area contributed by atoms with E-state index in [9.17, 15) is 1.37 Å². The van der Waals surface area contributed by atoms with Gasteiger partial charge < -0.3 is 8.98 Å². The van der Waals surface area contributed by atoms with Crippen molar-refractivity contribution in [3.8, 4) is 51.0 Å². The van der Waals surface area contributed by atoms with Gasteiger partial charge in [-0.15, -0.1) is 0 Å². The number of hydrogen-bond acceptors (Lipinski definition) is 4. The van der Waals surface area contributed by atoms with Crippen molar-refractivity contribution in [3.05, 3.63) is 169 Å². The number of nitrogens with zero attached hydrogens (tertiary/aromatic N) is 4. The van der Waals surface area contributed by atoms with Crippen LogP contribution in [0.4, 0.5) is 0 Å². The topological polar surface area (TPSA) is 56.7 Å².